The van der Waals surface area contributed by atoms with Gasteiger partial charge in [-0.15, -0.1) is 0 Å². The van der Waals surface area contributed by atoms with Gasteiger partial charge >= 0.3 is 0 Å². The maximum Gasteiger partial charge on any atom is 0.254 e. The summed E-state index contributed by atoms with van der Waals surface area (Å²) in [5.74, 6) is 0.554. The van der Waals surface area contributed by atoms with Gasteiger partial charge in [0, 0.05) is 41.8 Å². The molecule has 4 rings (SSSR count). The minimum Gasteiger partial charge on any atom is -0.335 e. The Bertz CT molecular complexity index is 1040. The van der Waals surface area contributed by atoms with Crippen LogP contribution in [0.25, 0.3) is 11.3 Å². The molecule has 0 spiro atoms. The number of piperidine rings is 1. The zero-order valence-corrected chi connectivity index (χ0v) is 18.8. The molecule has 1 saturated heterocycles. The SMILES string of the molecule is Cc1ccc(-c2ccccn2)c(C(=O)N2CCC[C@@H](C)[C@H]2CCc2ccc(Cl)cn2)c1. The van der Waals surface area contributed by atoms with Crippen molar-refractivity contribution in [2.24, 2.45) is 5.92 Å². The van der Waals surface area contributed by atoms with Crippen molar-refractivity contribution in [2.75, 3.05) is 6.54 Å². The van der Waals surface area contributed by atoms with Gasteiger partial charge in [0.15, 0.2) is 0 Å². The number of pyridine rings is 2. The van der Waals surface area contributed by atoms with Gasteiger partial charge in [0.25, 0.3) is 5.91 Å². The smallest absolute Gasteiger partial charge is 0.254 e. The molecule has 0 aliphatic carbocycles. The average Bonchev–Trinajstić information content (AvgIpc) is 2.79. The number of benzene rings is 1. The van der Waals surface area contributed by atoms with Crippen LogP contribution in [0.5, 0.6) is 0 Å². The summed E-state index contributed by atoms with van der Waals surface area (Å²) in [6, 6.07) is 15.9. The van der Waals surface area contributed by atoms with E-state index in [0.717, 1.165) is 60.3 Å². The van der Waals surface area contributed by atoms with Crippen molar-refractivity contribution in [1.82, 2.24) is 14.9 Å². The lowest BCUT2D eigenvalue weighted by molar-refractivity contribution is 0.0499. The van der Waals surface area contributed by atoms with Crippen LogP contribution in [0.1, 0.15) is 47.8 Å². The highest BCUT2D eigenvalue weighted by molar-refractivity contribution is 6.30. The molecule has 4 nitrogen and oxygen atoms in total. The second kappa shape index (κ2) is 9.61. The third kappa shape index (κ3) is 4.96. The van der Waals surface area contributed by atoms with Gasteiger partial charge in [-0.25, -0.2) is 0 Å². The van der Waals surface area contributed by atoms with Crippen LogP contribution in [-0.4, -0.2) is 33.4 Å². The summed E-state index contributed by atoms with van der Waals surface area (Å²) in [5.41, 5.74) is 4.56. The van der Waals surface area contributed by atoms with E-state index in [1.807, 2.05) is 55.5 Å². The maximum atomic E-state index is 13.8. The van der Waals surface area contributed by atoms with Gasteiger partial charge in [-0.3, -0.25) is 14.8 Å². The van der Waals surface area contributed by atoms with Crippen LogP contribution in [0.3, 0.4) is 0 Å². The van der Waals surface area contributed by atoms with Gasteiger partial charge < -0.3 is 4.90 Å². The number of likely N-dealkylation sites (tertiary alicyclic amines) is 1. The Kier molecular flexibility index (Phi) is 6.67. The molecular formula is C26H28ClN3O. The van der Waals surface area contributed by atoms with E-state index in [0.29, 0.717) is 10.9 Å². The average molecular weight is 434 g/mol. The highest BCUT2D eigenvalue weighted by atomic mass is 35.5. The third-order valence-electron chi connectivity index (χ3n) is 6.21. The maximum absolute atomic E-state index is 13.8. The summed E-state index contributed by atoms with van der Waals surface area (Å²) >= 11 is 5.97. The molecule has 5 heteroatoms. The lowest BCUT2D eigenvalue weighted by Gasteiger charge is -2.40. The predicted molar refractivity (Wildman–Crippen MR) is 125 cm³/mol. The first-order valence-electron chi connectivity index (χ1n) is 11.0. The van der Waals surface area contributed by atoms with Crippen LogP contribution in [0.2, 0.25) is 5.02 Å². The molecule has 3 heterocycles. The first kappa shape index (κ1) is 21.5. The molecular weight excluding hydrogens is 406 g/mol. The zero-order valence-electron chi connectivity index (χ0n) is 18.1. The molecule has 0 bridgehead atoms. The van der Waals surface area contributed by atoms with Crippen LogP contribution in [0.15, 0.2) is 60.9 Å². The minimum absolute atomic E-state index is 0.102. The Hall–Kier alpha value is -2.72. The van der Waals surface area contributed by atoms with Crippen LogP contribution in [0.4, 0.5) is 0 Å². The van der Waals surface area contributed by atoms with E-state index >= 15 is 0 Å². The van der Waals surface area contributed by atoms with Gasteiger partial charge in [0.1, 0.15) is 0 Å². The Labute approximate surface area is 189 Å². The first-order valence-corrected chi connectivity index (χ1v) is 11.3. The second-order valence-corrected chi connectivity index (χ2v) is 8.89. The molecule has 2 atom stereocenters. The summed E-state index contributed by atoms with van der Waals surface area (Å²) in [6.45, 7) is 5.08. The number of amides is 1. The first-order chi connectivity index (χ1) is 15.0. The van der Waals surface area contributed by atoms with Gasteiger partial charge in [0.2, 0.25) is 0 Å². The topological polar surface area (TPSA) is 46.1 Å². The Morgan fingerprint density at radius 2 is 2.03 bits per heavy atom. The van der Waals surface area contributed by atoms with E-state index in [-0.39, 0.29) is 11.9 Å². The molecule has 0 N–H and O–H groups in total. The van der Waals surface area contributed by atoms with Crippen molar-refractivity contribution in [2.45, 2.75) is 45.6 Å². The van der Waals surface area contributed by atoms with E-state index in [1.165, 1.54) is 0 Å². The highest BCUT2D eigenvalue weighted by Gasteiger charge is 2.33. The lowest BCUT2D eigenvalue weighted by atomic mass is 9.86. The number of halogens is 1. The van der Waals surface area contributed by atoms with Crippen molar-refractivity contribution in [3.63, 3.8) is 0 Å². The molecule has 1 aliphatic heterocycles. The fraction of sp³-hybridized carbons (Fsp3) is 0.346. The van der Waals surface area contributed by atoms with Gasteiger partial charge in [-0.2, -0.15) is 0 Å². The number of hydrogen-bond acceptors (Lipinski definition) is 3. The summed E-state index contributed by atoms with van der Waals surface area (Å²) in [6.07, 6.45) is 7.37. The molecule has 0 radical (unpaired) electrons. The van der Waals surface area contributed by atoms with E-state index in [9.17, 15) is 4.79 Å². The van der Waals surface area contributed by atoms with Crippen molar-refractivity contribution >= 4 is 17.5 Å². The molecule has 2 aromatic heterocycles. The highest BCUT2D eigenvalue weighted by Crippen LogP contribution is 2.31. The van der Waals surface area contributed by atoms with Crippen molar-refractivity contribution < 1.29 is 4.79 Å². The molecule has 1 amide bonds. The molecule has 0 saturated carbocycles. The van der Waals surface area contributed by atoms with Crippen LogP contribution in [-0.2, 0) is 6.42 Å². The van der Waals surface area contributed by atoms with Crippen LogP contribution >= 0.6 is 11.6 Å². The molecule has 1 aromatic carbocycles. The number of nitrogens with zero attached hydrogens (tertiary/aromatic N) is 3. The fourth-order valence-electron chi connectivity index (χ4n) is 4.53. The van der Waals surface area contributed by atoms with Gasteiger partial charge in [-0.05, 0) is 68.9 Å². The number of aromatic nitrogens is 2. The summed E-state index contributed by atoms with van der Waals surface area (Å²) < 4.78 is 0. The number of carbonyl (C=O) groups is 1. The summed E-state index contributed by atoms with van der Waals surface area (Å²) in [7, 11) is 0. The van der Waals surface area contributed by atoms with E-state index < -0.39 is 0 Å². The van der Waals surface area contributed by atoms with E-state index in [2.05, 4.69) is 21.8 Å². The molecule has 160 valence electrons. The Morgan fingerprint density at radius 3 is 2.77 bits per heavy atom. The standard InChI is InChI=1S/C26H28ClN3O/c1-18-8-12-22(24-7-3-4-14-28-24)23(16-18)26(31)30-15-5-6-19(2)25(30)13-11-21-10-9-20(27)17-29-21/h3-4,7-10,12,14,16-17,19,25H,5-6,11,13,15H2,1-2H3/t19-,25-/m1/s1. The zero-order chi connectivity index (χ0) is 21.8. The molecule has 31 heavy (non-hydrogen) atoms. The number of hydrogen-bond donors (Lipinski definition) is 0. The normalized spacial score (nSPS) is 18.7. The summed E-state index contributed by atoms with van der Waals surface area (Å²) in [4.78, 5) is 24.8. The third-order valence-corrected chi connectivity index (χ3v) is 6.43. The van der Waals surface area contributed by atoms with Gasteiger partial charge in [0.05, 0.1) is 10.7 Å². The number of aryl methyl sites for hydroxylation is 2. The van der Waals surface area contributed by atoms with Crippen molar-refractivity contribution in [3.8, 4) is 11.3 Å². The largest absolute Gasteiger partial charge is 0.335 e. The number of carbonyl (C=O) groups excluding carboxylic acids is 1. The Balaban J connectivity index is 1.61. The van der Waals surface area contributed by atoms with E-state index in [4.69, 9.17) is 11.6 Å². The molecule has 0 unspecified atom stereocenters. The van der Waals surface area contributed by atoms with Crippen LogP contribution in [0, 0.1) is 12.8 Å². The predicted octanol–water partition coefficient (Wildman–Crippen LogP) is 5.98. The van der Waals surface area contributed by atoms with Crippen molar-refractivity contribution in [1.29, 1.82) is 0 Å². The Morgan fingerprint density at radius 1 is 1.16 bits per heavy atom. The molecule has 3 aromatic rings. The van der Waals surface area contributed by atoms with Crippen LogP contribution < -0.4 is 0 Å². The minimum atomic E-state index is 0.102. The number of rotatable bonds is 5. The summed E-state index contributed by atoms with van der Waals surface area (Å²) in [5, 5.41) is 0.646. The molecule has 1 fully saturated rings. The quantitative estimate of drug-likeness (QED) is 0.497. The van der Waals surface area contributed by atoms with Gasteiger partial charge in [-0.1, -0.05) is 42.3 Å². The second-order valence-electron chi connectivity index (χ2n) is 8.46. The van der Waals surface area contributed by atoms with E-state index in [1.54, 1.807) is 12.4 Å². The fourth-order valence-corrected chi connectivity index (χ4v) is 4.64. The lowest BCUT2D eigenvalue weighted by Crippen LogP contribution is -2.48. The molecule has 1 aliphatic rings. The monoisotopic (exact) mass is 433 g/mol. The van der Waals surface area contributed by atoms with Crippen molar-refractivity contribution in [3.05, 3.63) is 82.8 Å².